The number of hydrogen-bond acceptors (Lipinski definition) is 3. The van der Waals surface area contributed by atoms with Gasteiger partial charge in [-0.3, -0.25) is 4.79 Å². The number of carbonyl (C=O) groups excluding carboxylic acids is 1. The SMILES string of the molecule is O=C(C1CCNC1)N1CCC(C(O)c2ccccc2)CC1. The predicted molar refractivity (Wildman–Crippen MR) is 81.7 cm³/mol. The quantitative estimate of drug-likeness (QED) is 0.887. The standard InChI is InChI=1S/C17H24N2O2/c20-16(13-4-2-1-3-5-13)14-7-10-19(11-8-14)17(21)15-6-9-18-12-15/h1-5,14-16,18,20H,6-12H2. The largest absolute Gasteiger partial charge is 0.388 e. The summed E-state index contributed by atoms with van der Waals surface area (Å²) in [5.41, 5.74) is 0.988. The minimum atomic E-state index is -0.406. The molecule has 0 aromatic heterocycles. The number of likely N-dealkylation sites (tertiary alicyclic amines) is 1. The maximum Gasteiger partial charge on any atom is 0.227 e. The van der Waals surface area contributed by atoms with Crippen LogP contribution in [0.5, 0.6) is 0 Å². The molecular weight excluding hydrogens is 264 g/mol. The highest BCUT2D eigenvalue weighted by Crippen LogP contribution is 2.31. The number of amides is 1. The molecule has 21 heavy (non-hydrogen) atoms. The molecule has 4 nitrogen and oxygen atoms in total. The van der Waals surface area contributed by atoms with Crippen molar-refractivity contribution in [2.24, 2.45) is 11.8 Å². The van der Waals surface area contributed by atoms with Crippen LogP contribution in [0.15, 0.2) is 30.3 Å². The Balaban J connectivity index is 1.54. The van der Waals surface area contributed by atoms with Gasteiger partial charge in [-0.05, 0) is 37.3 Å². The van der Waals surface area contributed by atoms with Crippen LogP contribution in [-0.4, -0.2) is 42.1 Å². The van der Waals surface area contributed by atoms with Crippen LogP contribution in [0.1, 0.15) is 30.9 Å². The number of rotatable bonds is 3. The number of nitrogens with one attached hydrogen (secondary N) is 1. The Kier molecular flexibility index (Phi) is 4.56. The molecule has 3 rings (SSSR count). The summed E-state index contributed by atoms with van der Waals surface area (Å²) >= 11 is 0. The number of nitrogens with zero attached hydrogens (tertiary/aromatic N) is 1. The molecular formula is C17H24N2O2. The van der Waals surface area contributed by atoms with Gasteiger partial charge in [0.05, 0.1) is 12.0 Å². The first-order valence-corrected chi connectivity index (χ1v) is 7.98. The van der Waals surface area contributed by atoms with E-state index in [1.807, 2.05) is 35.2 Å². The molecule has 1 amide bonds. The maximum atomic E-state index is 12.4. The lowest BCUT2D eigenvalue weighted by Gasteiger charge is -2.35. The van der Waals surface area contributed by atoms with Gasteiger partial charge in [0.15, 0.2) is 0 Å². The summed E-state index contributed by atoms with van der Waals surface area (Å²) in [4.78, 5) is 14.4. The molecule has 0 radical (unpaired) electrons. The van der Waals surface area contributed by atoms with Crippen molar-refractivity contribution >= 4 is 5.91 Å². The normalized spacial score (nSPS) is 25.0. The van der Waals surface area contributed by atoms with Crippen molar-refractivity contribution < 1.29 is 9.90 Å². The topological polar surface area (TPSA) is 52.6 Å². The maximum absolute atomic E-state index is 12.4. The van der Waals surface area contributed by atoms with Crippen LogP contribution in [0.2, 0.25) is 0 Å². The van der Waals surface area contributed by atoms with Crippen molar-refractivity contribution in [2.75, 3.05) is 26.2 Å². The van der Waals surface area contributed by atoms with E-state index in [0.717, 1.165) is 51.0 Å². The van der Waals surface area contributed by atoms with Crippen LogP contribution >= 0.6 is 0 Å². The van der Waals surface area contributed by atoms with E-state index in [4.69, 9.17) is 0 Å². The van der Waals surface area contributed by atoms with Gasteiger partial charge in [-0.2, -0.15) is 0 Å². The van der Waals surface area contributed by atoms with Crippen molar-refractivity contribution in [3.05, 3.63) is 35.9 Å². The Morgan fingerprint density at radius 1 is 1.19 bits per heavy atom. The molecule has 0 spiro atoms. The second kappa shape index (κ2) is 6.58. The fraction of sp³-hybridized carbons (Fsp3) is 0.588. The Labute approximate surface area is 126 Å². The third kappa shape index (κ3) is 3.27. The first-order valence-electron chi connectivity index (χ1n) is 7.98. The van der Waals surface area contributed by atoms with Gasteiger partial charge < -0.3 is 15.3 Å². The van der Waals surface area contributed by atoms with Crippen molar-refractivity contribution in [3.8, 4) is 0 Å². The molecule has 4 heteroatoms. The molecule has 2 aliphatic heterocycles. The van der Waals surface area contributed by atoms with Crippen molar-refractivity contribution in [1.82, 2.24) is 10.2 Å². The van der Waals surface area contributed by atoms with E-state index in [1.165, 1.54) is 0 Å². The summed E-state index contributed by atoms with van der Waals surface area (Å²) in [5.74, 6) is 0.728. The van der Waals surface area contributed by atoms with Gasteiger partial charge in [0.25, 0.3) is 0 Å². The summed E-state index contributed by atoms with van der Waals surface area (Å²) < 4.78 is 0. The summed E-state index contributed by atoms with van der Waals surface area (Å²) in [6, 6.07) is 9.85. The second-order valence-corrected chi connectivity index (χ2v) is 6.21. The molecule has 0 bridgehead atoms. The van der Waals surface area contributed by atoms with E-state index in [9.17, 15) is 9.90 Å². The van der Waals surface area contributed by atoms with Gasteiger partial charge in [0.1, 0.15) is 0 Å². The van der Waals surface area contributed by atoms with Crippen LogP contribution in [-0.2, 0) is 4.79 Å². The molecule has 1 aromatic carbocycles. The van der Waals surface area contributed by atoms with Crippen LogP contribution in [0, 0.1) is 11.8 Å². The van der Waals surface area contributed by atoms with Gasteiger partial charge >= 0.3 is 0 Å². The zero-order valence-electron chi connectivity index (χ0n) is 12.4. The number of benzene rings is 1. The average Bonchev–Trinajstić information content (AvgIpc) is 3.09. The smallest absolute Gasteiger partial charge is 0.227 e. The van der Waals surface area contributed by atoms with E-state index >= 15 is 0 Å². The molecule has 2 unspecified atom stereocenters. The second-order valence-electron chi connectivity index (χ2n) is 6.21. The molecule has 2 N–H and O–H groups in total. The number of piperidine rings is 1. The lowest BCUT2D eigenvalue weighted by molar-refractivity contribution is -0.136. The molecule has 114 valence electrons. The average molecular weight is 288 g/mol. The van der Waals surface area contributed by atoms with Crippen molar-refractivity contribution in [1.29, 1.82) is 0 Å². The summed E-state index contributed by atoms with van der Waals surface area (Å²) in [6.07, 6.45) is 2.34. The Hall–Kier alpha value is -1.39. The summed E-state index contributed by atoms with van der Waals surface area (Å²) in [7, 11) is 0. The lowest BCUT2D eigenvalue weighted by Crippen LogP contribution is -2.43. The molecule has 2 aliphatic rings. The summed E-state index contributed by atoms with van der Waals surface area (Å²) in [6.45, 7) is 3.35. The van der Waals surface area contributed by atoms with Crippen LogP contribution < -0.4 is 5.32 Å². The number of aliphatic hydroxyl groups excluding tert-OH is 1. The Morgan fingerprint density at radius 3 is 2.52 bits per heavy atom. The first kappa shape index (κ1) is 14.5. The van der Waals surface area contributed by atoms with Gasteiger partial charge in [0.2, 0.25) is 5.91 Å². The fourth-order valence-electron chi connectivity index (χ4n) is 3.48. The molecule has 2 atom stereocenters. The highest BCUT2D eigenvalue weighted by molar-refractivity contribution is 5.79. The molecule has 2 heterocycles. The Bertz CT molecular complexity index is 463. The van der Waals surface area contributed by atoms with Crippen molar-refractivity contribution in [2.45, 2.75) is 25.4 Å². The van der Waals surface area contributed by atoms with E-state index in [2.05, 4.69) is 5.32 Å². The summed E-state index contributed by atoms with van der Waals surface area (Å²) in [5, 5.41) is 13.7. The third-order valence-corrected chi connectivity index (χ3v) is 4.85. The van der Waals surface area contributed by atoms with Gasteiger partial charge in [-0.25, -0.2) is 0 Å². The van der Waals surface area contributed by atoms with E-state index in [-0.39, 0.29) is 11.8 Å². The molecule has 1 aromatic rings. The minimum Gasteiger partial charge on any atom is -0.388 e. The third-order valence-electron chi connectivity index (χ3n) is 4.85. The molecule has 2 fully saturated rings. The monoisotopic (exact) mass is 288 g/mol. The zero-order valence-corrected chi connectivity index (χ0v) is 12.4. The number of carbonyl (C=O) groups is 1. The van der Waals surface area contributed by atoms with E-state index < -0.39 is 6.10 Å². The van der Waals surface area contributed by atoms with Gasteiger partial charge in [0, 0.05) is 19.6 Å². The predicted octanol–water partition coefficient (Wildman–Crippen LogP) is 1.57. The van der Waals surface area contributed by atoms with Crippen LogP contribution in [0.25, 0.3) is 0 Å². The molecule has 2 saturated heterocycles. The highest BCUT2D eigenvalue weighted by atomic mass is 16.3. The molecule has 0 saturated carbocycles. The number of aliphatic hydroxyl groups is 1. The lowest BCUT2D eigenvalue weighted by atomic mass is 9.87. The van der Waals surface area contributed by atoms with Crippen LogP contribution in [0.4, 0.5) is 0 Å². The van der Waals surface area contributed by atoms with Gasteiger partial charge in [-0.15, -0.1) is 0 Å². The minimum absolute atomic E-state index is 0.167. The highest BCUT2D eigenvalue weighted by Gasteiger charge is 2.32. The van der Waals surface area contributed by atoms with Crippen LogP contribution in [0.3, 0.4) is 0 Å². The first-order chi connectivity index (χ1) is 10.3. The van der Waals surface area contributed by atoms with E-state index in [0.29, 0.717) is 5.91 Å². The van der Waals surface area contributed by atoms with Crippen molar-refractivity contribution in [3.63, 3.8) is 0 Å². The molecule has 0 aliphatic carbocycles. The zero-order chi connectivity index (χ0) is 14.7. The van der Waals surface area contributed by atoms with E-state index in [1.54, 1.807) is 0 Å². The fourth-order valence-corrected chi connectivity index (χ4v) is 3.48. The number of hydrogen-bond donors (Lipinski definition) is 2. The Morgan fingerprint density at radius 2 is 1.90 bits per heavy atom. The van der Waals surface area contributed by atoms with Gasteiger partial charge in [-0.1, -0.05) is 30.3 Å².